The summed E-state index contributed by atoms with van der Waals surface area (Å²) in [5, 5.41) is 30.6. The molecule has 0 spiro atoms. The van der Waals surface area contributed by atoms with Crippen molar-refractivity contribution in [2.45, 2.75) is 16.7 Å². The highest BCUT2D eigenvalue weighted by Gasteiger charge is 2.52. The molecular formula is C12H14ClNO6. The van der Waals surface area contributed by atoms with Crippen LogP contribution < -0.4 is 5.32 Å². The van der Waals surface area contributed by atoms with Gasteiger partial charge in [0.2, 0.25) is 5.78 Å². The number of fused-ring (bicyclic) bond motifs is 1. The third-order valence-corrected chi connectivity index (χ3v) is 3.68. The molecule has 1 fully saturated rings. The van der Waals surface area contributed by atoms with Gasteiger partial charge in [0.15, 0.2) is 0 Å². The van der Waals surface area contributed by atoms with Crippen LogP contribution in [0.5, 0.6) is 0 Å². The van der Waals surface area contributed by atoms with E-state index in [-0.39, 0.29) is 17.9 Å². The number of nitrogens with one attached hydrogen (secondary N) is 1. The quantitative estimate of drug-likeness (QED) is 0.358. The Hall–Kier alpha value is -1.25. The highest BCUT2D eigenvalue weighted by Crippen LogP contribution is 2.34. The third-order valence-electron chi connectivity index (χ3n) is 3.35. The molecule has 0 radical (unpaired) electrons. The van der Waals surface area contributed by atoms with E-state index in [4.69, 9.17) is 16.3 Å². The Morgan fingerprint density at radius 1 is 1.45 bits per heavy atom. The fourth-order valence-corrected chi connectivity index (χ4v) is 2.23. The van der Waals surface area contributed by atoms with Gasteiger partial charge in [0.25, 0.3) is 5.79 Å². The summed E-state index contributed by atoms with van der Waals surface area (Å²) >= 11 is 5.83. The fourth-order valence-electron chi connectivity index (χ4n) is 2.05. The van der Waals surface area contributed by atoms with E-state index >= 15 is 0 Å². The smallest absolute Gasteiger partial charge is 0.273 e. The van der Waals surface area contributed by atoms with E-state index in [0.717, 1.165) is 6.08 Å². The molecule has 0 saturated carbocycles. The van der Waals surface area contributed by atoms with Crippen LogP contribution in [0, 0.1) is 0 Å². The number of carbonyl (C=O) groups is 2. The molecule has 2 atom stereocenters. The molecule has 110 valence electrons. The number of halogens is 1. The predicted molar refractivity (Wildman–Crippen MR) is 67.8 cm³/mol. The van der Waals surface area contributed by atoms with E-state index in [9.17, 15) is 24.9 Å². The first-order valence-electron chi connectivity index (χ1n) is 5.85. The standard InChI is InChI=1S/C12H14ClNO6/c13-8(3-15)7-1-2-9(18)12(19)10(7)14-11(4-16,5-17)6-20-12/h1-3,8,14,16-17,19H,4-6H2/t8?,12-/m1/s1. The minimum atomic E-state index is -2.28. The van der Waals surface area contributed by atoms with Crippen LogP contribution in [-0.4, -0.2) is 63.9 Å². The second-order valence-corrected chi connectivity index (χ2v) is 5.19. The first-order valence-corrected chi connectivity index (χ1v) is 6.29. The van der Waals surface area contributed by atoms with Crippen LogP contribution in [0.25, 0.3) is 0 Å². The highest BCUT2D eigenvalue weighted by molar-refractivity contribution is 6.30. The summed E-state index contributed by atoms with van der Waals surface area (Å²) in [5.74, 6) is -3.02. The fraction of sp³-hybridized carbons (Fsp3) is 0.500. The number of aldehydes is 1. The first kappa shape index (κ1) is 15.1. The maximum Gasteiger partial charge on any atom is 0.273 e. The lowest BCUT2D eigenvalue weighted by Gasteiger charge is -2.46. The number of ether oxygens (including phenoxy) is 1. The number of allylic oxidation sites excluding steroid dienone is 2. The van der Waals surface area contributed by atoms with Gasteiger partial charge in [-0.1, -0.05) is 6.08 Å². The number of carbonyl (C=O) groups excluding carboxylic acids is 2. The Morgan fingerprint density at radius 2 is 2.10 bits per heavy atom. The molecule has 0 bridgehead atoms. The monoisotopic (exact) mass is 303 g/mol. The lowest BCUT2D eigenvalue weighted by atomic mass is 9.89. The number of hydrogen-bond donors (Lipinski definition) is 4. The predicted octanol–water partition coefficient (Wildman–Crippen LogP) is -1.78. The van der Waals surface area contributed by atoms with Crippen LogP contribution in [0.1, 0.15) is 0 Å². The topological polar surface area (TPSA) is 116 Å². The summed E-state index contributed by atoms with van der Waals surface area (Å²) in [5.41, 5.74) is -1.25. The molecule has 0 aromatic heterocycles. The van der Waals surface area contributed by atoms with Crippen LogP contribution in [0.2, 0.25) is 0 Å². The van der Waals surface area contributed by atoms with Gasteiger partial charge in [0.1, 0.15) is 17.2 Å². The largest absolute Gasteiger partial charge is 0.394 e. The maximum absolute atomic E-state index is 11.8. The van der Waals surface area contributed by atoms with Crippen molar-refractivity contribution < 1.29 is 29.6 Å². The zero-order valence-electron chi connectivity index (χ0n) is 10.4. The SMILES string of the molecule is O=CC(Cl)C1=C2NC(CO)(CO)CO[C@]2(O)C(=O)C=C1. The molecule has 1 saturated heterocycles. The van der Waals surface area contributed by atoms with E-state index < -0.39 is 35.7 Å². The van der Waals surface area contributed by atoms with E-state index in [1.807, 2.05) is 0 Å². The van der Waals surface area contributed by atoms with E-state index in [2.05, 4.69) is 5.32 Å². The Balaban J connectivity index is 2.52. The normalized spacial score (nSPS) is 29.7. The number of rotatable bonds is 4. The van der Waals surface area contributed by atoms with Crippen molar-refractivity contribution in [3.63, 3.8) is 0 Å². The van der Waals surface area contributed by atoms with Gasteiger partial charge in [-0.05, 0) is 6.08 Å². The minimum Gasteiger partial charge on any atom is -0.394 e. The van der Waals surface area contributed by atoms with Crippen molar-refractivity contribution in [3.05, 3.63) is 23.4 Å². The Bertz CT molecular complexity index is 498. The minimum absolute atomic E-state index is 0.133. The van der Waals surface area contributed by atoms with Gasteiger partial charge in [0, 0.05) is 5.57 Å². The van der Waals surface area contributed by atoms with Gasteiger partial charge in [0.05, 0.1) is 25.5 Å². The van der Waals surface area contributed by atoms with Crippen molar-refractivity contribution in [2.24, 2.45) is 0 Å². The number of aliphatic hydroxyl groups excluding tert-OH is 2. The molecule has 0 aromatic rings. The molecule has 2 aliphatic rings. The average molecular weight is 304 g/mol. The van der Waals surface area contributed by atoms with E-state index in [0.29, 0.717) is 6.29 Å². The van der Waals surface area contributed by atoms with Gasteiger partial charge in [-0.25, -0.2) is 0 Å². The third kappa shape index (κ3) is 2.17. The van der Waals surface area contributed by atoms with Gasteiger partial charge in [-0.15, -0.1) is 11.6 Å². The summed E-state index contributed by atoms with van der Waals surface area (Å²) in [6.45, 7) is -1.29. The summed E-state index contributed by atoms with van der Waals surface area (Å²) in [6, 6.07) is 0. The Morgan fingerprint density at radius 3 is 2.65 bits per heavy atom. The molecule has 7 nitrogen and oxygen atoms in total. The lowest BCUT2D eigenvalue weighted by Crippen LogP contribution is -2.67. The van der Waals surface area contributed by atoms with Crippen LogP contribution >= 0.6 is 11.6 Å². The Labute approximate surface area is 119 Å². The zero-order chi connectivity index (χ0) is 15.0. The lowest BCUT2D eigenvalue weighted by molar-refractivity contribution is -0.212. The number of ketones is 1. The average Bonchev–Trinajstić information content (AvgIpc) is 2.48. The summed E-state index contributed by atoms with van der Waals surface area (Å²) in [4.78, 5) is 22.6. The molecular weight excluding hydrogens is 290 g/mol. The molecule has 1 unspecified atom stereocenters. The van der Waals surface area contributed by atoms with Crippen molar-refractivity contribution in [2.75, 3.05) is 19.8 Å². The maximum atomic E-state index is 11.8. The molecule has 8 heteroatoms. The number of aliphatic hydroxyl groups is 3. The van der Waals surface area contributed by atoms with Gasteiger partial charge in [-0.2, -0.15) is 0 Å². The number of hydrogen-bond acceptors (Lipinski definition) is 7. The van der Waals surface area contributed by atoms with Crippen molar-refractivity contribution in [1.82, 2.24) is 5.32 Å². The summed E-state index contributed by atoms with van der Waals surface area (Å²) < 4.78 is 5.14. The molecule has 4 N–H and O–H groups in total. The van der Waals surface area contributed by atoms with E-state index in [1.54, 1.807) is 0 Å². The molecule has 0 aromatic carbocycles. The van der Waals surface area contributed by atoms with Crippen molar-refractivity contribution in [3.8, 4) is 0 Å². The molecule has 1 aliphatic carbocycles. The summed E-state index contributed by atoms with van der Waals surface area (Å²) in [6.07, 6.45) is 2.78. The van der Waals surface area contributed by atoms with Gasteiger partial charge >= 0.3 is 0 Å². The molecule has 2 rings (SSSR count). The molecule has 20 heavy (non-hydrogen) atoms. The zero-order valence-corrected chi connectivity index (χ0v) is 11.1. The molecule has 1 aliphatic heterocycles. The first-order chi connectivity index (χ1) is 9.42. The van der Waals surface area contributed by atoms with Crippen LogP contribution in [-0.2, 0) is 14.3 Å². The molecule has 0 amide bonds. The van der Waals surface area contributed by atoms with Crippen LogP contribution in [0.3, 0.4) is 0 Å². The van der Waals surface area contributed by atoms with Gasteiger partial charge < -0.3 is 30.2 Å². The van der Waals surface area contributed by atoms with E-state index in [1.165, 1.54) is 6.08 Å². The Kier molecular flexibility index (Phi) is 3.99. The van der Waals surface area contributed by atoms with Gasteiger partial charge in [-0.3, -0.25) is 4.79 Å². The number of morpholine rings is 1. The van der Waals surface area contributed by atoms with Crippen LogP contribution in [0.15, 0.2) is 23.4 Å². The van der Waals surface area contributed by atoms with Crippen LogP contribution in [0.4, 0.5) is 0 Å². The number of alkyl halides is 1. The molecule has 1 heterocycles. The summed E-state index contributed by atoms with van der Waals surface area (Å²) in [7, 11) is 0. The second-order valence-electron chi connectivity index (χ2n) is 4.72. The van der Waals surface area contributed by atoms with Crippen molar-refractivity contribution >= 4 is 23.7 Å². The van der Waals surface area contributed by atoms with Crippen molar-refractivity contribution in [1.29, 1.82) is 0 Å². The highest BCUT2D eigenvalue weighted by atomic mass is 35.5. The second kappa shape index (κ2) is 5.27.